The number of ether oxygens (including phenoxy) is 2. The number of nitrogens with zero attached hydrogens (tertiary/aromatic N) is 1. The average molecular weight is 309 g/mol. The lowest BCUT2D eigenvalue weighted by molar-refractivity contribution is -0.385. The minimum atomic E-state index is -1.24. The van der Waals surface area contributed by atoms with Crippen molar-refractivity contribution in [3.8, 4) is 0 Å². The molecule has 0 saturated carbocycles. The fourth-order valence-corrected chi connectivity index (χ4v) is 2.19. The Balaban J connectivity index is 3.21. The second-order valence-electron chi connectivity index (χ2n) is 4.59. The lowest BCUT2D eigenvalue weighted by Crippen LogP contribution is -2.32. The maximum Gasteiger partial charge on any atom is 0.320 e. The molecular formula is C15H19NO6. The van der Waals surface area contributed by atoms with E-state index in [1.165, 1.54) is 18.2 Å². The normalized spacial score (nSPS) is 11.8. The molecule has 0 bridgehead atoms. The summed E-state index contributed by atoms with van der Waals surface area (Å²) in [5.41, 5.74) is 0.146. The van der Waals surface area contributed by atoms with E-state index in [1.54, 1.807) is 26.8 Å². The van der Waals surface area contributed by atoms with Crippen LogP contribution in [0.2, 0.25) is 0 Å². The molecule has 0 radical (unpaired) electrons. The van der Waals surface area contributed by atoms with Crippen LogP contribution in [0.15, 0.2) is 24.3 Å². The monoisotopic (exact) mass is 309 g/mol. The van der Waals surface area contributed by atoms with Gasteiger partial charge in [0.2, 0.25) is 0 Å². The van der Waals surface area contributed by atoms with E-state index < -0.39 is 28.7 Å². The molecule has 0 aliphatic carbocycles. The number of carbonyl (C=O) groups excluding carboxylic acids is 2. The molecule has 0 amide bonds. The van der Waals surface area contributed by atoms with Crippen LogP contribution in [0.3, 0.4) is 0 Å². The Hall–Kier alpha value is -2.44. The zero-order chi connectivity index (χ0) is 16.7. The quantitative estimate of drug-likeness (QED) is 0.332. The van der Waals surface area contributed by atoms with Gasteiger partial charge in [-0.2, -0.15) is 0 Å². The Bertz CT molecular complexity index is 539. The SMILES string of the molecule is CCOC(=O)C(C(=O)OCC)C(C)c1ccccc1[N+](=O)[O-]. The van der Waals surface area contributed by atoms with Gasteiger partial charge in [0.25, 0.3) is 5.69 Å². The number of esters is 2. The van der Waals surface area contributed by atoms with Crippen LogP contribution >= 0.6 is 0 Å². The molecule has 1 rings (SSSR count). The predicted octanol–water partition coefficient (Wildman–Crippen LogP) is 2.44. The second-order valence-corrected chi connectivity index (χ2v) is 4.59. The first-order chi connectivity index (χ1) is 10.4. The summed E-state index contributed by atoms with van der Waals surface area (Å²) in [5, 5.41) is 11.1. The van der Waals surface area contributed by atoms with E-state index in [0.29, 0.717) is 5.56 Å². The third-order valence-electron chi connectivity index (χ3n) is 3.21. The van der Waals surface area contributed by atoms with Crippen molar-refractivity contribution < 1.29 is 24.0 Å². The van der Waals surface area contributed by atoms with Gasteiger partial charge in [0, 0.05) is 17.5 Å². The Kier molecular flexibility index (Phi) is 6.49. The summed E-state index contributed by atoms with van der Waals surface area (Å²) in [7, 11) is 0. The van der Waals surface area contributed by atoms with Gasteiger partial charge in [0.1, 0.15) is 0 Å². The van der Waals surface area contributed by atoms with Gasteiger partial charge in [-0.3, -0.25) is 19.7 Å². The molecular weight excluding hydrogens is 290 g/mol. The van der Waals surface area contributed by atoms with E-state index in [4.69, 9.17) is 9.47 Å². The number of benzene rings is 1. The number of para-hydroxylation sites is 1. The summed E-state index contributed by atoms with van der Waals surface area (Å²) < 4.78 is 9.81. The summed E-state index contributed by atoms with van der Waals surface area (Å²) in [4.78, 5) is 34.7. The van der Waals surface area contributed by atoms with Gasteiger partial charge in [-0.15, -0.1) is 0 Å². The summed E-state index contributed by atoms with van der Waals surface area (Å²) >= 11 is 0. The molecule has 0 saturated heterocycles. The van der Waals surface area contributed by atoms with Crippen molar-refractivity contribution in [2.45, 2.75) is 26.7 Å². The van der Waals surface area contributed by atoms with Crippen LogP contribution in [0.5, 0.6) is 0 Å². The molecule has 0 N–H and O–H groups in total. The van der Waals surface area contributed by atoms with Crippen molar-refractivity contribution in [1.82, 2.24) is 0 Å². The lowest BCUT2D eigenvalue weighted by Gasteiger charge is -2.21. The summed E-state index contributed by atoms with van der Waals surface area (Å²) in [6.45, 7) is 5.03. The van der Waals surface area contributed by atoms with Crippen LogP contribution in [0.25, 0.3) is 0 Å². The zero-order valence-corrected chi connectivity index (χ0v) is 12.8. The van der Waals surface area contributed by atoms with Crippen molar-refractivity contribution in [2.75, 3.05) is 13.2 Å². The van der Waals surface area contributed by atoms with Crippen LogP contribution in [0.1, 0.15) is 32.3 Å². The molecule has 120 valence electrons. The third kappa shape index (κ3) is 4.03. The van der Waals surface area contributed by atoms with E-state index >= 15 is 0 Å². The van der Waals surface area contributed by atoms with E-state index in [0.717, 1.165) is 0 Å². The average Bonchev–Trinajstić information content (AvgIpc) is 2.47. The number of rotatable bonds is 7. The smallest absolute Gasteiger partial charge is 0.320 e. The first-order valence-corrected chi connectivity index (χ1v) is 7.00. The van der Waals surface area contributed by atoms with Crippen LogP contribution in [-0.4, -0.2) is 30.1 Å². The number of hydrogen-bond donors (Lipinski definition) is 0. The molecule has 0 fully saturated rings. The highest BCUT2D eigenvalue weighted by molar-refractivity contribution is 5.96. The Morgan fingerprint density at radius 3 is 2.09 bits per heavy atom. The fourth-order valence-electron chi connectivity index (χ4n) is 2.19. The zero-order valence-electron chi connectivity index (χ0n) is 12.8. The van der Waals surface area contributed by atoms with Crippen molar-refractivity contribution >= 4 is 17.6 Å². The van der Waals surface area contributed by atoms with Gasteiger partial charge < -0.3 is 9.47 Å². The first kappa shape index (κ1) is 17.6. The maximum absolute atomic E-state index is 12.1. The molecule has 0 heterocycles. The Labute approximate surface area is 128 Å². The highest BCUT2D eigenvalue weighted by Crippen LogP contribution is 2.33. The summed E-state index contributed by atoms with van der Waals surface area (Å²) in [5.74, 6) is -3.46. The summed E-state index contributed by atoms with van der Waals surface area (Å²) in [6, 6.07) is 6.00. The fraction of sp³-hybridized carbons (Fsp3) is 0.467. The van der Waals surface area contributed by atoms with Crippen molar-refractivity contribution in [1.29, 1.82) is 0 Å². The van der Waals surface area contributed by atoms with Crippen molar-refractivity contribution in [3.63, 3.8) is 0 Å². The molecule has 0 spiro atoms. The van der Waals surface area contributed by atoms with Gasteiger partial charge >= 0.3 is 11.9 Å². The third-order valence-corrected chi connectivity index (χ3v) is 3.21. The van der Waals surface area contributed by atoms with Gasteiger partial charge in [-0.25, -0.2) is 0 Å². The van der Waals surface area contributed by atoms with E-state index in [2.05, 4.69) is 0 Å². The number of carbonyl (C=O) groups is 2. The largest absolute Gasteiger partial charge is 0.465 e. The predicted molar refractivity (Wildman–Crippen MR) is 78.3 cm³/mol. The Morgan fingerprint density at radius 2 is 1.64 bits per heavy atom. The molecule has 7 heteroatoms. The number of nitro groups is 1. The molecule has 22 heavy (non-hydrogen) atoms. The van der Waals surface area contributed by atoms with Gasteiger partial charge in [0.05, 0.1) is 18.1 Å². The lowest BCUT2D eigenvalue weighted by atomic mass is 9.86. The van der Waals surface area contributed by atoms with Crippen LogP contribution < -0.4 is 0 Å². The molecule has 7 nitrogen and oxygen atoms in total. The van der Waals surface area contributed by atoms with E-state index in [-0.39, 0.29) is 18.9 Å². The Morgan fingerprint density at radius 1 is 1.14 bits per heavy atom. The van der Waals surface area contributed by atoms with E-state index in [1.807, 2.05) is 0 Å². The van der Waals surface area contributed by atoms with Crippen LogP contribution in [0.4, 0.5) is 5.69 Å². The molecule has 0 aliphatic rings. The number of nitro benzene ring substituents is 1. The molecule has 1 aromatic rings. The standard InChI is InChI=1S/C15H19NO6/c1-4-21-14(17)13(15(18)22-5-2)10(3)11-8-6-7-9-12(11)16(19)20/h6-10,13H,4-5H2,1-3H3. The second kappa shape index (κ2) is 8.11. The van der Waals surface area contributed by atoms with Gasteiger partial charge in [0.15, 0.2) is 5.92 Å². The van der Waals surface area contributed by atoms with Gasteiger partial charge in [-0.1, -0.05) is 25.1 Å². The van der Waals surface area contributed by atoms with E-state index in [9.17, 15) is 19.7 Å². The van der Waals surface area contributed by atoms with Gasteiger partial charge in [-0.05, 0) is 13.8 Å². The minimum absolute atomic E-state index is 0.109. The molecule has 0 aliphatic heterocycles. The molecule has 0 aromatic heterocycles. The van der Waals surface area contributed by atoms with Crippen molar-refractivity contribution in [3.05, 3.63) is 39.9 Å². The first-order valence-electron chi connectivity index (χ1n) is 7.00. The topological polar surface area (TPSA) is 95.7 Å². The maximum atomic E-state index is 12.1. The molecule has 1 aromatic carbocycles. The highest BCUT2D eigenvalue weighted by atomic mass is 16.6. The summed E-state index contributed by atoms with van der Waals surface area (Å²) in [6.07, 6.45) is 0. The molecule has 1 unspecified atom stereocenters. The van der Waals surface area contributed by atoms with Crippen LogP contribution in [-0.2, 0) is 19.1 Å². The molecule has 1 atom stereocenters. The minimum Gasteiger partial charge on any atom is -0.465 e. The van der Waals surface area contributed by atoms with Crippen LogP contribution in [0, 0.1) is 16.0 Å². The number of hydrogen-bond acceptors (Lipinski definition) is 6. The van der Waals surface area contributed by atoms with Crippen molar-refractivity contribution in [2.24, 2.45) is 5.92 Å². The highest BCUT2D eigenvalue weighted by Gasteiger charge is 2.38.